The SMILES string of the molecule is CN(C)C(=O)COc1ccccc1C(=O)Nc1nc(-c2ccc3c(c2)CCO3)cs1. The summed E-state index contributed by atoms with van der Waals surface area (Å²) in [6.07, 6.45) is 0.893. The highest BCUT2D eigenvalue weighted by Crippen LogP contribution is 2.32. The van der Waals surface area contributed by atoms with E-state index in [1.165, 1.54) is 21.8 Å². The number of nitrogens with zero attached hydrogens (tertiary/aromatic N) is 2. The molecule has 0 fully saturated rings. The van der Waals surface area contributed by atoms with Crippen molar-refractivity contribution in [2.45, 2.75) is 6.42 Å². The van der Waals surface area contributed by atoms with E-state index in [1.54, 1.807) is 38.4 Å². The van der Waals surface area contributed by atoms with Gasteiger partial charge in [0, 0.05) is 31.5 Å². The van der Waals surface area contributed by atoms with Crippen LogP contribution in [0.2, 0.25) is 0 Å². The molecule has 0 unspecified atom stereocenters. The fraction of sp³-hybridized carbons (Fsp3) is 0.227. The number of ether oxygens (including phenoxy) is 2. The first-order chi connectivity index (χ1) is 14.5. The van der Waals surface area contributed by atoms with E-state index in [9.17, 15) is 9.59 Å². The number of anilines is 1. The lowest BCUT2D eigenvalue weighted by molar-refractivity contribution is -0.130. The summed E-state index contributed by atoms with van der Waals surface area (Å²) in [5, 5.41) is 5.22. The fourth-order valence-corrected chi connectivity index (χ4v) is 3.74. The predicted octanol–water partition coefficient (Wildman–Crippen LogP) is 3.46. The van der Waals surface area contributed by atoms with Crippen LogP contribution in [0, 0.1) is 0 Å². The van der Waals surface area contributed by atoms with Crippen molar-refractivity contribution >= 4 is 28.3 Å². The number of amides is 2. The molecule has 30 heavy (non-hydrogen) atoms. The number of carbonyl (C=O) groups excluding carboxylic acids is 2. The van der Waals surface area contributed by atoms with Crippen molar-refractivity contribution < 1.29 is 19.1 Å². The zero-order chi connectivity index (χ0) is 21.1. The summed E-state index contributed by atoms with van der Waals surface area (Å²) in [5.74, 6) is 0.744. The van der Waals surface area contributed by atoms with Gasteiger partial charge in [-0.1, -0.05) is 12.1 Å². The molecule has 154 valence electrons. The van der Waals surface area contributed by atoms with Crippen LogP contribution < -0.4 is 14.8 Å². The van der Waals surface area contributed by atoms with Crippen LogP contribution in [0.4, 0.5) is 5.13 Å². The average molecular weight is 423 g/mol. The van der Waals surface area contributed by atoms with Crippen LogP contribution in [0.3, 0.4) is 0 Å². The topological polar surface area (TPSA) is 80.8 Å². The van der Waals surface area contributed by atoms with Gasteiger partial charge in [0.15, 0.2) is 11.7 Å². The summed E-state index contributed by atoms with van der Waals surface area (Å²) < 4.78 is 11.1. The van der Waals surface area contributed by atoms with E-state index in [-0.39, 0.29) is 18.4 Å². The molecule has 0 saturated heterocycles. The number of hydrogen-bond donors (Lipinski definition) is 1. The molecule has 2 amide bonds. The van der Waals surface area contributed by atoms with E-state index in [1.807, 2.05) is 17.5 Å². The number of thiazole rings is 1. The molecule has 1 aliphatic heterocycles. The molecule has 0 atom stereocenters. The number of benzene rings is 2. The first kappa shape index (κ1) is 19.9. The average Bonchev–Trinajstić information content (AvgIpc) is 3.40. The van der Waals surface area contributed by atoms with E-state index in [0.717, 1.165) is 23.4 Å². The van der Waals surface area contributed by atoms with Gasteiger partial charge >= 0.3 is 0 Å². The molecule has 0 bridgehead atoms. The monoisotopic (exact) mass is 423 g/mol. The number of rotatable bonds is 6. The molecule has 7 nitrogen and oxygen atoms in total. The molecule has 0 radical (unpaired) electrons. The second-order valence-corrected chi connectivity index (χ2v) is 7.84. The molecule has 0 spiro atoms. The highest BCUT2D eigenvalue weighted by Gasteiger charge is 2.17. The minimum Gasteiger partial charge on any atom is -0.493 e. The third kappa shape index (κ3) is 4.28. The smallest absolute Gasteiger partial charge is 0.261 e. The summed E-state index contributed by atoms with van der Waals surface area (Å²) >= 11 is 1.35. The summed E-state index contributed by atoms with van der Waals surface area (Å²) in [6.45, 7) is 0.569. The normalized spacial score (nSPS) is 12.1. The van der Waals surface area contributed by atoms with Gasteiger partial charge in [-0.2, -0.15) is 0 Å². The largest absolute Gasteiger partial charge is 0.493 e. The summed E-state index contributed by atoms with van der Waals surface area (Å²) in [7, 11) is 3.30. The summed E-state index contributed by atoms with van der Waals surface area (Å²) in [5.41, 5.74) is 3.30. The molecule has 2 heterocycles. The Balaban J connectivity index is 1.47. The van der Waals surface area contributed by atoms with Crippen molar-refractivity contribution in [2.75, 3.05) is 32.6 Å². The van der Waals surface area contributed by atoms with E-state index >= 15 is 0 Å². The van der Waals surface area contributed by atoms with Gasteiger partial charge in [-0.05, 0) is 35.9 Å². The highest BCUT2D eigenvalue weighted by molar-refractivity contribution is 7.14. The van der Waals surface area contributed by atoms with Crippen molar-refractivity contribution in [3.8, 4) is 22.8 Å². The number of fused-ring (bicyclic) bond motifs is 1. The zero-order valence-electron chi connectivity index (χ0n) is 16.7. The molecule has 1 aromatic heterocycles. The summed E-state index contributed by atoms with van der Waals surface area (Å²) in [4.78, 5) is 30.5. The molecule has 2 aromatic carbocycles. The third-order valence-electron chi connectivity index (χ3n) is 4.69. The van der Waals surface area contributed by atoms with Gasteiger partial charge in [0.1, 0.15) is 11.5 Å². The van der Waals surface area contributed by atoms with Gasteiger partial charge in [-0.3, -0.25) is 14.9 Å². The number of nitrogens with one attached hydrogen (secondary N) is 1. The molecule has 1 aliphatic rings. The van der Waals surface area contributed by atoms with E-state index < -0.39 is 0 Å². The van der Waals surface area contributed by atoms with Crippen LogP contribution in [0.25, 0.3) is 11.3 Å². The van der Waals surface area contributed by atoms with E-state index in [0.29, 0.717) is 23.1 Å². The van der Waals surface area contributed by atoms with Gasteiger partial charge in [0.05, 0.1) is 17.9 Å². The Bertz CT molecular complexity index is 1090. The third-order valence-corrected chi connectivity index (χ3v) is 5.45. The highest BCUT2D eigenvalue weighted by atomic mass is 32.1. The Morgan fingerprint density at radius 1 is 1.23 bits per heavy atom. The molecule has 1 N–H and O–H groups in total. The van der Waals surface area contributed by atoms with Gasteiger partial charge in [-0.25, -0.2) is 4.98 Å². The lowest BCUT2D eigenvalue weighted by Gasteiger charge is -2.13. The van der Waals surface area contributed by atoms with Crippen LogP contribution in [0.1, 0.15) is 15.9 Å². The van der Waals surface area contributed by atoms with Crippen LogP contribution in [0.5, 0.6) is 11.5 Å². The van der Waals surface area contributed by atoms with Crippen molar-refractivity contribution in [1.29, 1.82) is 0 Å². The number of aromatic nitrogens is 1. The first-order valence-electron chi connectivity index (χ1n) is 9.46. The van der Waals surface area contributed by atoms with Gasteiger partial charge in [-0.15, -0.1) is 11.3 Å². The molecule has 3 aromatic rings. The van der Waals surface area contributed by atoms with E-state index in [2.05, 4.69) is 16.4 Å². The maximum Gasteiger partial charge on any atom is 0.261 e. The standard InChI is InChI=1S/C22H21N3O4S/c1-25(2)20(26)12-29-19-6-4-3-5-16(19)21(27)24-22-23-17(13-30-22)14-7-8-18-15(11-14)9-10-28-18/h3-8,11,13H,9-10,12H2,1-2H3,(H,23,24,27). The Labute approximate surface area is 178 Å². The Kier molecular flexibility index (Phi) is 5.67. The zero-order valence-corrected chi connectivity index (χ0v) is 17.5. The van der Waals surface area contributed by atoms with Crippen LogP contribution in [-0.4, -0.2) is 49.0 Å². The van der Waals surface area contributed by atoms with Crippen molar-refractivity contribution in [1.82, 2.24) is 9.88 Å². The minimum atomic E-state index is -0.342. The molecule has 0 aliphatic carbocycles. The Morgan fingerprint density at radius 2 is 2.07 bits per heavy atom. The predicted molar refractivity (Wildman–Crippen MR) is 115 cm³/mol. The minimum absolute atomic E-state index is 0.138. The lowest BCUT2D eigenvalue weighted by Crippen LogP contribution is -2.28. The maximum atomic E-state index is 12.8. The second-order valence-electron chi connectivity index (χ2n) is 6.99. The van der Waals surface area contributed by atoms with Crippen molar-refractivity contribution in [3.63, 3.8) is 0 Å². The number of carbonyl (C=O) groups is 2. The van der Waals surface area contributed by atoms with Crippen LogP contribution >= 0.6 is 11.3 Å². The molecule has 0 saturated carbocycles. The van der Waals surface area contributed by atoms with Gasteiger partial charge in [0.2, 0.25) is 0 Å². The Morgan fingerprint density at radius 3 is 2.90 bits per heavy atom. The lowest BCUT2D eigenvalue weighted by atomic mass is 10.1. The van der Waals surface area contributed by atoms with Gasteiger partial charge < -0.3 is 14.4 Å². The number of hydrogen-bond acceptors (Lipinski definition) is 6. The Hall–Kier alpha value is -3.39. The molecule has 4 rings (SSSR count). The van der Waals surface area contributed by atoms with E-state index in [4.69, 9.17) is 9.47 Å². The number of likely N-dealkylation sites (N-methyl/N-ethyl adjacent to an activating group) is 1. The first-order valence-corrected chi connectivity index (χ1v) is 10.3. The molecular formula is C22H21N3O4S. The van der Waals surface area contributed by atoms with Crippen LogP contribution in [0.15, 0.2) is 47.8 Å². The van der Waals surface area contributed by atoms with Crippen molar-refractivity contribution in [2.24, 2.45) is 0 Å². The quantitative estimate of drug-likeness (QED) is 0.657. The fourth-order valence-electron chi connectivity index (χ4n) is 3.02. The van der Waals surface area contributed by atoms with Crippen LogP contribution in [-0.2, 0) is 11.2 Å². The molecular weight excluding hydrogens is 402 g/mol. The van der Waals surface area contributed by atoms with Crippen molar-refractivity contribution in [3.05, 3.63) is 59.0 Å². The summed E-state index contributed by atoms with van der Waals surface area (Å²) in [6, 6.07) is 12.8. The second kappa shape index (κ2) is 8.54. The number of para-hydroxylation sites is 1. The molecule has 8 heteroatoms. The van der Waals surface area contributed by atoms with Gasteiger partial charge in [0.25, 0.3) is 11.8 Å². The maximum absolute atomic E-state index is 12.8.